The molecule has 3 rings (SSSR count). The van der Waals surface area contributed by atoms with Gasteiger partial charge in [-0.05, 0) is 30.6 Å². The second-order valence-electron chi connectivity index (χ2n) is 6.71. The maximum atomic E-state index is 6.09. The molecule has 1 heterocycles. The average Bonchev–Trinajstić information content (AvgIpc) is 2.88. The van der Waals surface area contributed by atoms with Crippen LogP contribution in [-0.4, -0.2) is 24.9 Å². The summed E-state index contributed by atoms with van der Waals surface area (Å²) in [6.45, 7) is 8.32. The highest BCUT2D eigenvalue weighted by molar-refractivity contribution is 5.26. The van der Waals surface area contributed by atoms with E-state index in [4.69, 9.17) is 15.9 Å². The van der Waals surface area contributed by atoms with Crippen molar-refractivity contribution >= 4 is 0 Å². The van der Waals surface area contributed by atoms with E-state index in [1.54, 1.807) is 0 Å². The van der Waals surface area contributed by atoms with E-state index in [0.29, 0.717) is 24.0 Å². The van der Waals surface area contributed by atoms with Gasteiger partial charge in [-0.2, -0.15) is 0 Å². The molecule has 1 aliphatic heterocycles. The molecular weight excluding hydrogens is 212 g/mol. The van der Waals surface area contributed by atoms with Gasteiger partial charge in [0, 0.05) is 5.41 Å². The van der Waals surface area contributed by atoms with Crippen LogP contribution in [0.3, 0.4) is 0 Å². The Morgan fingerprint density at radius 3 is 2.71 bits per heavy atom. The zero-order valence-electron chi connectivity index (χ0n) is 11.1. The molecule has 94 valence electrons. The van der Waals surface area contributed by atoms with Gasteiger partial charge >= 0.3 is 0 Å². The highest BCUT2D eigenvalue weighted by Crippen LogP contribution is 2.76. The predicted molar refractivity (Wildman–Crippen MR) is 66.5 cm³/mol. The molecule has 4 atom stereocenters. The molecule has 0 aromatic carbocycles. The van der Waals surface area contributed by atoms with E-state index in [-0.39, 0.29) is 11.7 Å². The molecule has 2 bridgehead atoms. The fraction of sp³-hybridized carbons (Fsp3) is 0.867. The summed E-state index contributed by atoms with van der Waals surface area (Å²) in [4.78, 5) is 0. The Labute approximate surface area is 104 Å². The second kappa shape index (κ2) is 3.28. The predicted octanol–water partition coefficient (Wildman–Crippen LogP) is 2.62. The summed E-state index contributed by atoms with van der Waals surface area (Å²) in [5.41, 5.74) is 0.844. The van der Waals surface area contributed by atoms with Crippen molar-refractivity contribution in [2.75, 3.05) is 13.2 Å². The smallest absolute Gasteiger partial charge is 0.111 e. The molecule has 0 unspecified atom stereocenters. The maximum Gasteiger partial charge on any atom is 0.111 e. The number of hydrogen-bond donors (Lipinski definition) is 0. The summed E-state index contributed by atoms with van der Waals surface area (Å²) in [5.74, 6) is 3.34. The molecule has 1 saturated heterocycles. The first-order chi connectivity index (χ1) is 7.98. The van der Waals surface area contributed by atoms with Crippen LogP contribution in [0.2, 0.25) is 0 Å². The maximum absolute atomic E-state index is 6.09. The van der Waals surface area contributed by atoms with Crippen LogP contribution in [0.5, 0.6) is 0 Å². The van der Waals surface area contributed by atoms with E-state index < -0.39 is 0 Å². The van der Waals surface area contributed by atoms with Gasteiger partial charge in [0.2, 0.25) is 0 Å². The first-order valence-corrected chi connectivity index (χ1v) is 6.67. The lowest BCUT2D eigenvalue weighted by Gasteiger charge is -2.38. The lowest BCUT2D eigenvalue weighted by atomic mass is 9.65. The Balaban J connectivity index is 1.74. The van der Waals surface area contributed by atoms with Crippen molar-refractivity contribution in [1.82, 2.24) is 0 Å². The monoisotopic (exact) mass is 234 g/mol. The van der Waals surface area contributed by atoms with Gasteiger partial charge in [0.1, 0.15) is 18.3 Å². The summed E-state index contributed by atoms with van der Waals surface area (Å²) in [6, 6.07) is 0. The Bertz CT molecular complexity index is 381. The van der Waals surface area contributed by atoms with Crippen molar-refractivity contribution in [2.45, 2.75) is 51.7 Å². The Hall–Kier alpha value is -0.520. The van der Waals surface area contributed by atoms with Crippen LogP contribution in [0.25, 0.3) is 0 Å². The standard InChI is InChI=1S/C15H22O2/c1-5-8-16-10-12-15(17-12)9-11-6-7-14(15,4)13(11,2)3/h1,11-12H,6-10H2,2-4H3/t11-,12-,14-,15+/m1/s1. The first kappa shape index (κ1) is 11.6. The molecule has 0 N–H and O–H groups in total. The van der Waals surface area contributed by atoms with Crippen LogP contribution in [0.15, 0.2) is 0 Å². The topological polar surface area (TPSA) is 21.8 Å². The highest BCUT2D eigenvalue weighted by Gasteiger charge is 2.78. The van der Waals surface area contributed by atoms with Gasteiger partial charge < -0.3 is 9.47 Å². The zero-order valence-corrected chi connectivity index (χ0v) is 11.1. The van der Waals surface area contributed by atoms with Gasteiger partial charge in [-0.15, -0.1) is 6.42 Å². The number of epoxide rings is 1. The Morgan fingerprint density at radius 1 is 1.41 bits per heavy atom. The molecule has 0 amide bonds. The molecule has 1 spiro atoms. The third-order valence-corrected chi connectivity index (χ3v) is 6.19. The van der Waals surface area contributed by atoms with Crippen molar-refractivity contribution in [3.63, 3.8) is 0 Å². The number of fused-ring (bicyclic) bond motifs is 3. The van der Waals surface area contributed by atoms with E-state index in [9.17, 15) is 0 Å². The van der Waals surface area contributed by atoms with Crippen LogP contribution >= 0.6 is 0 Å². The summed E-state index contributed by atoms with van der Waals surface area (Å²) < 4.78 is 11.5. The Morgan fingerprint density at radius 2 is 2.18 bits per heavy atom. The number of rotatable bonds is 3. The minimum atomic E-state index is 0.105. The average molecular weight is 234 g/mol. The summed E-state index contributed by atoms with van der Waals surface area (Å²) in [6.07, 6.45) is 9.37. The molecule has 3 aliphatic rings. The third-order valence-electron chi connectivity index (χ3n) is 6.19. The fourth-order valence-corrected chi connectivity index (χ4v) is 4.58. The lowest BCUT2D eigenvalue weighted by molar-refractivity contribution is 0.0701. The molecule has 0 aromatic rings. The van der Waals surface area contributed by atoms with Gasteiger partial charge in [0.25, 0.3) is 0 Å². The number of terminal acetylenes is 1. The van der Waals surface area contributed by atoms with Crippen molar-refractivity contribution in [2.24, 2.45) is 16.7 Å². The van der Waals surface area contributed by atoms with Gasteiger partial charge in [0.05, 0.1) is 6.61 Å². The van der Waals surface area contributed by atoms with Crippen molar-refractivity contribution in [3.05, 3.63) is 0 Å². The fourth-order valence-electron chi connectivity index (χ4n) is 4.58. The summed E-state index contributed by atoms with van der Waals surface area (Å²) >= 11 is 0. The third kappa shape index (κ3) is 1.20. The number of hydrogen-bond acceptors (Lipinski definition) is 2. The quantitative estimate of drug-likeness (QED) is 0.425. The van der Waals surface area contributed by atoms with Gasteiger partial charge in [-0.3, -0.25) is 0 Å². The summed E-state index contributed by atoms with van der Waals surface area (Å²) in [7, 11) is 0. The molecule has 0 radical (unpaired) electrons. The largest absolute Gasteiger partial charge is 0.366 e. The van der Waals surface area contributed by atoms with Gasteiger partial charge in [0.15, 0.2) is 0 Å². The van der Waals surface area contributed by atoms with Crippen molar-refractivity contribution in [3.8, 4) is 12.3 Å². The SMILES string of the molecule is C#CCOC[C@H]1O[C@@]12C[C@H]1CC[C@]2(C)C1(C)C. The van der Waals surface area contributed by atoms with E-state index in [2.05, 4.69) is 26.7 Å². The Kier molecular flexibility index (Phi) is 2.23. The lowest BCUT2D eigenvalue weighted by Crippen LogP contribution is -2.40. The molecule has 17 heavy (non-hydrogen) atoms. The minimum absolute atomic E-state index is 0.105. The van der Waals surface area contributed by atoms with Crippen LogP contribution in [0.4, 0.5) is 0 Å². The minimum Gasteiger partial charge on any atom is -0.366 e. The molecule has 0 aromatic heterocycles. The molecule has 2 saturated carbocycles. The molecule has 2 aliphatic carbocycles. The molecule has 2 heteroatoms. The highest BCUT2D eigenvalue weighted by atomic mass is 16.6. The number of ether oxygens (including phenoxy) is 2. The zero-order chi connectivity index (χ0) is 12.3. The van der Waals surface area contributed by atoms with E-state index in [1.807, 2.05) is 0 Å². The van der Waals surface area contributed by atoms with E-state index >= 15 is 0 Å². The van der Waals surface area contributed by atoms with Crippen LogP contribution < -0.4 is 0 Å². The normalized spacial score (nSPS) is 49.5. The van der Waals surface area contributed by atoms with Gasteiger partial charge in [-0.1, -0.05) is 26.7 Å². The molecule has 2 nitrogen and oxygen atoms in total. The summed E-state index contributed by atoms with van der Waals surface area (Å²) in [5, 5.41) is 0. The van der Waals surface area contributed by atoms with Crippen molar-refractivity contribution < 1.29 is 9.47 Å². The van der Waals surface area contributed by atoms with Gasteiger partial charge in [-0.25, -0.2) is 0 Å². The van der Waals surface area contributed by atoms with Crippen molar-refractivity contribution in [1.29, 1.82) is 0 Å². The van der Waals surface area contributed by atoms with Crippen LogP contribution in [-0.2, 0) is 9.47 Å². The second-order valence-corrected chi connectivity index (χ2v) is 6.71. The molecule has 3 fully saturated rings. The molecular formula is C15H22O2. The first-order valence-electron chi connectivity index (χ1n) is 6.67. The van der Waals surface area contributed by atoms with Crippen LogP contribution in [0.1, 0.15) is 40.0 Å². The van der Waals surface area contributed by atoms with E-state index in [1.165, 1.54) is 19.3 Å². The van der Waals surface area contributed by atoms with E-state index in [0.717, 1.165) is 5.92 Å². The van der Waals surface area contributed by atoms with Crippen LogP contribution in [0, 0.1) is 29.1 Å².